The van der Waals surface area contributed by atoms with Gasteiger partial charge < -0.3 is 10.6 Å². The highest BCUT2D eigenvalue weighted by Crippen LogP contribution is 2.19. The third-order valence-electron chi connectivity index (χ3n) is 3.61. The first kappa shape index (κ1) is 13.5. The smallest absolute Gasteiger partial charge is 0.321 e. The van der Waals surface area contributed by atoms with Gasteiger partial charge in [-0.05, 0) is 37.3 Å². The predicted octanol–water partition coefficient (Wildman–Crippen LogP) is 2.04. The Hall–Kier alpha value is -2.50. The molecule has 0 saturated carbocycles. The summed E-state index contributed by atoms with van der Waals surface area (Å²) in [5.41, 5.74) is 3.11. The number of anilines is 2. The van der Waals surface area contributed by atoms with Crippen molar-refractivity contribution in [1.29, 1.82) is 0 Å². The summed E-state index contributed by atoms with van der Waals surface area (Å²) in [6.07, 6.45) is 1.82. The van der Waals surface area contributed by atoms with Gasteiger partial charge in [-0.3, -0.25) is 9.58 Å². The molecule has 1 fully saturated rings. The number of urea groups is 1. The molecule has 0 bridgehead atoms. The van der Waals surface area contributed by atoms with Crippen LogP contribution in [-0.2, 0) is 13.1 Å². The van der Waals surface area contributed by atoms with Crippen molar-refractivity contribution in [3.8, 4) is 0 Å². The summed E-state index contributed by atoms with van der Waals surface area (Å²) in [6, 6.07) is 9.90. The Labute approximate surface area is 123 Å². The van der Waals surface area contributed by atoms with Crippen LogP contribution in [0.2, 0.25) is 0 Å². The van der Waals surface area contributed by atoms with Gasteiger partial charge in [0.1, 0.15) is 0 Å². The van der Waals surface area contributed by atoms with Gasteiger partial charge >= 0.3 is 6.03 Å². The topological polar surface area (TPSA) is 62.2 Å². The Morgan fingerprint density at radius 2 is 2.10 bits per heavy atom. The predicted molar refractivity (Wildman–Crippen MR) is 82.4 cm³/mol. The van der Waals surface area contributed by atoms with Gasteiger partial charge in [0, 0.05) is 37.2 Å². The van der Waals surface area contributed by atoms with Gasteiger partial charge in [0.25, 0.3) is 0 Å². The molecule has 1 aromatic carbocycles. The van der Waals surface area contributed by atoms with Crippen LogP contribution in [0.15, 0.2) is 36.5 Å². The van der Waals surface area contributed by atoms with Crippen LogP contribution in [0.1, 0.15) is 12.6 Å². The van der Waals surface area contributed by atoms with E-state index >= 15 is 0 Å². The number of aryl methyl sites for hydroxylation is 1. The number of hydrogen-bond acceptors (Lipinski definition) is 3. The molecule has 3 rings (SSSR count). The second-order valence-corrected chi connectivity index (χ2v) is 4.92. The van der Waals surface area contributed by atoms with Gasteiger partial charge in [-0.1, -0.05) is 0 Å². The van der Waals surface area contributed by atoms with Crippen molar-refractivity contribution in [3.05, 3.63) is 42.2 Å². The maximum absolute atomic E-state index is 11.6. The van der Waals surface area contributed by atoms with Crippen molar-refractivity contribution in [1.82, 2.24) is 15.1 Å². The maximum Gasteiger partial charge on any atom is 0.321 e. The summed E-state index contributed by atoms with van der Waals surface area (Å²) in [7, 11) is 0. The highest BCUT2D eigenvalue weighted by atomic mass is 16.2. The van der Waals surface area contributed by atoms with Gasteiger partial charge in [0.15, 0.2) is 0 Å². The molecule has 1 saturated heterocycles. The van der Waals surface area contributed by atoms with Crippen LogP contribution in [0.25, 0.3) is 0 Å². The minimum absolute atomic E-state index is 0.0254. The van der Waals surface area contributed by atoms with Crippen LogP contribution in [0.3, 0.4) is 0 Å². The number of carbonyl (C=O) groups is 1. The van der Waals surface area contributed by atoms with E-state index in [0.717, 1.165) is 36.7 Å². The zero-order chi connectivity index (χ0) is 14.7. The van der Waals surface area contributed by atoms with Crippen LogP contribution in [0, 0.1) is 0 Å². The number of aromatic nitrogens is 2. The minimum atomic E-state index is -0.0254. The highest BCUT2D eigenvalue weighted by Gasteiger charge is 2.20. The fraction of sp³-hybridized carbons (Fsp3) is 0.333. The molecule has 2 heterocycles. The molecule has 0 atom stereocenters. The first-order valence-corrected chi connectivity index (χ1v) is 7.18. The fourth-order valence-corrected chi connectivity index (χ4v) is 2.46. The molecule has 2 N–H and O–H groups in total. The van der Waals surface area contributed by atoms with Gasteiger partial charge in [-0.15, -0.1) is 0 Å². The average Bonchev–Trinajstić information content (AvgIpc) is 3.14. The standard InChI is InChI=1S/C15H19N5O/c1-2-20-14(7-8-18-20)11-17-12-3-5-13(6-4-12)19-10-9-16-15(19)21/h3-8,17H,2,9-11H2,1H3,(H,16,21). The summed E-state index contributed by atoms with van der Waals surface area (Å²) in [4.78, 5) is 13.3. The molecule has 0 spiro atoms. The Bertz CT molecular complexity index is 619. The molecule has 6 heteroatoms. The van der Waals surface area contributed by atoms with Crippen molar-refractivity contribution in [2.45, 2.75) is 20.0 Å². The van der Waals surface area contributed by atoms with Crippen LogP contribution < -0.4 is 15.5 Å². The molecule has 2 amide bonds. The monoisotopic (exact) mass is 285 g/mol. The normalized spacial score (nSPS) is 14.3. The van der Waals surface area contributed by atoms with E-state index in [1.807, 2.05) is 41.2 Å². The van der Waals surface area contributed by atoms with E-state index < -0.39 is 0 Å². The van der Waals surface area contributed by atoms with Gasteiger partial charge in [-0.25, -0.2) is 4.79 Å². The zero-order valence-corrected chi connectivity index (χ0v) is 12.0. The average molecular weight is 285 g/mol. The Kier molecular flexibility index (Phi) is 3.77. The number of amides is 2. The van der Waals surface area contributed by atoms with E-state index in [2.05, 4.69) is 22.7 Å². The van der Waals surface area contributed by atoms with E-state index in [4.69, 9.17) is 0 Å². The summed E-state index contributed by atoms with van der Waals surface area (Å²) in [6.45, 7) is 5.11. The van der Waals surface area contributed by atoms with E-state index in [9.17, 15) is 4.79 Å². The molecule has 0 unspecified atom stereocenters. The number of nitrogens with zero attached hydrogens (tertiary/aromatic N) is 3. The Balaban J connectivity index is 1.63. The van der Waals surface area contributed by atoms with Crippen molar-refractivity contribution < 1.29 is 4.79 Å². The second kappa shape index (κ2) is 5.87. The van der Waals surface area contributed by atoms with Crippen molar-refractivity contribution in [2.75, 3.05) is 23.3 Å². The van der Waals surface area contributed by atoms with Crippen LogP contribution in [0.4, 0.5) is 16.2 Å². The molecule has 0 aliphatic carbocycles. The van der Waals surface area contributed by atoms with E-state index in [1.54, 1.807) is 4.90 Å². The fourth-order valence-electron chi connectivity index (χ4n) is 2.46. The molecule has 1 aliphatic heterocycles. The van der Waals surface area contributed by atoms with E-state index in [1.165, 1.54) is 0 Å². The Morgan fingerprint density at radius 1 is 1.29 bits per heavy atom. The molecular formula is C15H19N5O. The molecular weight excluding hydrogens is 266 g/mol. The molecule has 1 aliphatic rings. The van der Waals surface area contributed by atoms with Crippen molar-refractivity contribution in [3.63, 3.8) is 0 Å². The highest BCUT2D eigenvalue weighted by molar-refractivity contribution is 5.94. The van der Waals surface area contributed by atoms with Gasteiger partial charge in [0.2, 0.25) is 0 Å². The number of hydrogen-bond donors (Lipinski definition) is 2. The molecule has 6 nitrogen and oxygen atoms in total. The molecule has 110 valence electrons. The first-order chi connectivity index (χ1) is 10.3. The third kappa shape index (κ3) is 2.84. The van der Waals surface area contributed by atoms with E-state index in [-0.39, 0.29) is 6.03 Å². The quantitative estimate of drug-likeness (QED) is 0.883. The summed E-state index contributed by atoms with van der Waals surface area (Å²) in [5, 5.41) is 10.4. The molecule has 0 radical (unpaired) electrons. The number of benzene rings is 1. The lowest BCUT2D eigenvalue weighted by Crippen LogP contribution is -2.27. The summed E-state index contributed by atoms with van der Waals surface area (Å²) >= 11 is 0. The molecule has 21 heavy (non-hydrogen) atoms. The zero-order valence-electron chi connectivity index (χ0n) is 12.0. The maximum atomic E-state index is 11.6. The minimum Gasteiger partial charge on any atom is -0.379 e. The SMILES string of the molecule is CCn1nccc1CNc1ccc(N2CCNC2=O)cc1. The first-order valence-electron chi connectivity index (χ1n) is 7.18. The third-order valence-corrected chi connectivity index (χ3v) is 3.61. The van der Waals surface area contributed by atoms with E-state index in [0.29, 0.717) is 6.54 Å². The van der Waals surface area contributed by atoms with Crippen LogP contribution >= 0.6 is 0 Å². The number of nitrogens with one attached hydrogen (secondary N) is 2. The lowest BCUT2D eigenvalue weighted by Gasteiger charge is -2.15. The second-order valence-electron chi connectivity index (χ2n) is 4.92. The van der Waals surface area contributed by atoms with Crippen molar-refractivity contribution >= 4 is 17.4 Å². The van der Waals surface area contributed by atoms with Gasteiger partial charge in [0.05, 0.1) is 12.2 Å². The van der Waals surface area contributed by atoms with Gasteiger partial charge in [-0.2, -0.15) is 5.10 Å². The van der Waals surface area contributed by atoms with Crippen LogP contribution in [-0.4, -0.2) is 28.9 Å². The summed E-state index contributed by atoms with van der Waals surface area (Å²) < 4.78 is 1.97. The lowest BCUT2D eigenvalue weighted by molar-refractivity contribution is 0.252. The van der Waals surface area contributed by atoms with Crippen molar-refractivity contribution in [2.24, 2.45) is 0 Å². The van der Waals surface area contributed by atoms with Crippen LogP contribution in [0.5, 0.6) is 0 Å². The number of rotatable bonds is 5. The largest absolute Gasteiger partial charge is 0.379 e. The molecule has 1 aromatic heterocycles. The number of carbonyl (C=O) groups excluding carboxylic acids is 1. The Morgan fingerprint density at radius 3 is 2.76 bits per heavy atom. The molecule has 2 aromatic rings. The summed E-state index contributed by atoms with van der Waals surface area (Å²) in [5.74, 6) is 0. The lowest BCUT2D eigenvalue weighted by atomic mass is 10.2.